The van der Waals surface area contributed by atoms with Crippen LogP contribution in [0.25, 0.3) is 0 Å². The van der Waals surface area contributed by atoms with E-state index in [0.717, 1.165) is 0 Å². The zero-order valence-corrected chi connectivity index (χ0v) is 11.0. The Morgan fingerprint density at radius 3 is 2.21 bits per heavy atom. The van der Waals surface area contributed by atoms with Gasteiger partial charge in [0.2, 0.25) is 0 Å². The van der Waals surface area contributed by atoms with Crippen molar-refractivity contribution in [3.05, 3.63) is 35.1 Å². The monoisotopic (exact) mass is 278 g/mol. The molecular weight excluding hydrogens is 260 g/mol. The number of nitrogens with two attached hydrogens (primary N) is 1. The molecule has 0 amide bonds. The lowest BCUT2D eigenvalue weighted by Gasteiger charge is -2.27. The number of rotatable bonds is 5. The maximum absolute atomic E-state index is 13.3. The maximum Gasteiger partial charge on any atom is 0.401 e. The second kappa shape index (κ2) is 6.34. The van der Waals surface area contributed by atoms with Gasteiger partial charge < -0.3 is 5.73 Å². The minimum atomic E-state index is -4.27. The van der Waals surface area contributed by atoms with Gasteiger partial charge in [0.1, 0.15) is 5.82 Å². The van der Waals surface area contributed by atoms with E-state index in [2.05, 4.69) is 0 Å². The standard InChI is InChI=1S/C13H18F4N2/c1-9(2)19(8-13(15,16)17)7-11-3-10(6-18)4-12(14)5-11/h3-5,9H,6-8,18H2,1-2H3. The van der Waals surface area contributed by atoms with Crippen molar-refractivity contribution in [2.24, 2.45) is 5.73 Å². The van der Waals surface area contributed by atoms with Crippen LogP contribution in [0.3, 0.4) is 0 Å². The van der Waals surface area contributed by atoms with Crippen LogP contribution in [-0.4, -0.2) is 23.7 Å². The first-order valence-corrected chi connectivity index (χ1v) is 6.00. The Kier molecular flexibility index (Phi) is 5.31. The van der Waals surface area contributed by atoms with Gasteiger partial charge in [0, 0.05) is 19.1 Å². The third-order valence-electron chi connectivity index (χ3n) is 2.75. The molecule has 0 radical (unpaired) electrons. The number of hydrogen-bond donors (Lipinski definition) is 1. The number of alkyl halides is 3. The average Bonchev–Trinajstić information content (AvgIpc) is 2.25. The third kappa shape index (κ3) is 5.57. The van der Waals surface area contributed by atoms with Crippen LogP contribution in [0.4, 0.5) is 17.6 Å². The smallest absolute Gasteiger partial charge is 0.326 e. The number of halogens is 4. The molecule has 2 nitrogen and oxygen atoms in total. The van der Waals surface area contributed by atoms with Crippen LogP contribution in [0, 0.1) is 5.82 Å². The van der Waals surface area contributed by atoms with E-state index in [-0.39, 0.29) is 19.1 Å². The van der Waals surface area contributed by atoms with Crippen molar-refractivity contribution in [3.63, 3.8) is 0 Å². The van der Waals surface area contributed by atoms with Crippen molar-refractivity contribution in [3.8, 4) is 0 Å². The van der Waals surface area contributed by atoms with Gasteiger partial charge in [-0.25, -0.2) is 4.39 Å². The van der Waals surface area contributed by atoms with E-state index in [1.54, 1.807) is 19.9 Å². The quantitative estimate of drug-likeness (QED) is 0.839. The predicted molar refractivity (Wildman–Crippen MR) is 65.9 cm³/mol. The Morgan fingerprint density at radius 2 is 1.74 bits per heavy atom. The predicted octanol–water partition coefficient (Wildman–Crippen LogP) is 3.06. The van der Waals surface area contributed by atoms with E-state index in [9.17, 15) is 17.6 Å². The zero-order chi connectivity index (χ0) is 14.6. The minimum Gasteiger partial charge on any atom is -0.326 e. The normalized spacial score (nSPS) is 12.5. The van der Waals surface area contributed by atoms with E-state index < -0.39 is 18.5 Å². The van der Waals surface area contributed by atoms with E-state index in [4.69, 9.17) is 5.73 Å². The third-order valence-corrected chi connectivity index (χ3v) is 2.75. The molecule has 0 saturated heterocycles. The van der Waals surface area contributed by atoms with E-state index in [0.29, 0.717) is 11.1 Å². The van der Waals surface area contributed by atoms with Crippen LogP contribution in [0.15, 0.2) is 18.2 Å². The fraction of sp³-hybridized carbons (Fsp3) is 0.538. The van der Waals surface area contributed by atoms with Gasteiger partial charge in [-0.05, 0) is 37.1 Å². The lowest BCUT2D eigenvalue weighted by molar-refractivity contribution is -0.150. The summed E-state index contributed by atoms with van der Waals surface area (Å²) in [6.07, 6.45) is -4.27. The van der Waals surface area contributed by atoms with E-state index in [1.165, 1.54) is 17.0 Å². The van der Waals surface area contributed by atoms with Gasteiger partial charge in [-0.2, -0.15) is 13.2 Å². The van der Waals surface area contributed by atoms with Gasteiger partial charge in [-0.15, -0.1) is 0 Å². The fourth-order valence-corrected chi connectivity index (χ4v) is 1.81. The summed E-state index contributed by atoms with van der Waals surface area (Å²) in [4.78, 5) is 1.25. The molecule has 0 saturated carbocycles. The molecule has 0 bridgehead atoms. The largest absolute Gasteiger partial charge is 0.401 e. The lowest BCUT2D eigenvalue weighted by Crippen LogP contribution is -2.38. The van der Waals surface area contributed by atoms with Gasteiger partial charge in [0.05, 0.1) is 6.54 Å². The van der Waals surface area contributed by atoms with Crippen molar-refractivity contribution in [1.29, 1.82) is 0 Å². The molecule has 2 N–H and O–H groups in total. The summed E-state index contributed by atoms with van der Waals surface area (Å²) in [6.45, 7) is 2.54. The molecular formula is C13H18F4N2. The van der Waals surface area contributed by atoms with Crippen LogP contribution in [0.5, 0.6) is 0 Å². The van der Waals surface area contributed by atoms with Crippen molar-refractivity contribution in [2.45, 2.75) is 39.2 Å². The first-order chi connectivity index (χ1) is 8.71. The van der Waals surface area contributed by atoms with Gasteiger partial charge in [0.15, 0.2) is 0 Å². The molecule has 0 atom stereocenters. The summed E-state index contributed by atoms with van der Waals surface area (Å²) >= 11 is 0. The average molecular weight is 278 g/mol. The first-order valence-electron chi connectivity index (χ1n) is 6.00. The molecule has 1 rings (SSSR count). The lowest BCUT2D eigenvalue weighted by atomic mass is 10.1. The second-order valence-corrected chi connectivity index (χ2v) is 4.79. The van der Waals surface area contributed by atoms with Crippen LogP contribution in [-0.2, 0) is 13.1 Å². The summed E-state index contributed by atoms with van der Waals surface area (Å²) < 4.78 is 50.7. The highest BCUT2D eigenvalue weighted by Gasteiger charge is 2.31. The number of nitrogens with zero attached hydrogens (tertiary/aromatic N) is 1. The molecule has 0 aliphatic rings. The molecule has 0 unspecified atom stereocenters. The van der Waals surface area contributed by atoms with Crippen LogP contribution in [0.1, 0.15) is 25.0 Å². The van der Waals surface area contributed by atoms with Gasteiger partial charge >= 0.3 is 6.18 Å². The molecule has 19 heavy (non-hydrogen) atoms. The Morgan fingerprint density at radius 1 is 1.16 bits per heavy atom. The molecule has 6 heteroatoms. The second-order valence-electron chi connectivity index (χ2n) is 4.79. The molecule has 0 spiro atoms. The van der Waals surface area contributed by atoms with Crippen LogP contribution in [0.2, 0.25) is 0 Å². The van der Waals surface area contributed by atoms with E-state index >= 15 is 0 Å². The summed E-state index contributed by atoms with van der Waals surface area (Å²) in [5, 5.41) is 0. The molecule has 0 heterocycles. The Hall–Kier alpha value is -1.14. The number of benzene rings is 1. The van der Waals surface area contributed by atoms with Gasteiger partial charge in [-0.3, -0.25) is 4.90 Å². The Balaban J connectivity index is 2.87. The van der Waals surface area contributed by atoms with Crippen molar-refractivity contribution in [2.75, 3.05) is 6.54 Å². The molecule has 1 aromatic rings. The van der Waals surface area contributed by atoms with Crippen molar-refractivity contribution < 1.29 is 17.6 Å². The highest BCUT2D eigenvalue weighted by molar-refractivity contribution is 5.24. The molecule has 0 aliphatic carbocycles. The van der Waals surface area contributed by atoms with Gasteiger partial charge in [-0.1, -0.05) is 6.07 Å². The molecule has 108 valence electrons. The Labute approximate surface area is 110 Å². The fourth-order valence-electron chi connectivity index (χ4n) is 1.81. The molecule has 1 aromatic carbocycles. The number of hydrogen-bond acceptors (Lipinski definition) is 2. The summed E-state index contributed by atoms with van der Waals surface area (Å²) in [7, 11) is 0. The topological polar surface area (TPSA) is 29.3 Å². The summed E-state index contributed by atoms with van der Waals surface area (Å²) in [6, 6.07) is 3.87. The SMILES string of the molecule is CC(C)N(Cc1cc(F)cc(CN)c1)CC(F)(F)F. The van der Waals surface area contributed by atoms with Crippen molar-refractivity contribution in [1.82, 2.24) is 4.90 Å². The Bertz CT molecular complexity index is 416. The van der Waals surface area contributed by atoms with Crippen LogP contribution < -0.4 is 5.73 Å². The van der Waals surface area contributed by atoms with Gasteiger partial charge in [0.25, 0.3) is 0 Å². The highest BCUT2D eigenvalue weighted by Crippen LogP contribution is 2.20. The highest BCUT2D eigenvalue weighted by atomic mass is 19.4. The summed E-state index contributed by atoms with van der Waals surface area (Å²) in [5.74, 6) is -0.478. The summed E-state index contributed by atoms with van der Waals surface area (Å²) in [5.41, 5.74) is 6.49. The van der Waals surface area contributed by atoms with Crippen LogP contribution >= 0.6 is 0 Å². The van der Waals surface area contributed by atoms with Crippen molar-refractivity contribution >= 4 is 0 Å². The van der Waals surface area contributed by atoms with E-state index in [1.807, 2.05) is 0 Å². The maximum atomic E-state index is 13.3. The first kappa shape index (κ1) is 15.9. The zero-order valence-electron chi connectivity index (χ0n) is 11.0. The molecule has 0 aromatic heterocycles. The molecule has 0 fully saturated rings. The molecule has 0 aliphatic heterocycles. The minimum absolute atomic E-state index is 0.0436.